The SMILES string of the molecule is CCS(=O)(=O)c1ccc(CNC(=O)c2ccc(C(NCC3CCC(C(F)(F)F)CC3)C(C)C)nc2)nc1. The lowest BCUT2D eigenvalue weighted by molar-refractivity contribution is -0.183. The number of carbonyl (C=O) groups is 1. The van der Waals surface area contributed by atoms with E-state index in [9.17, 15) is 26.4 Å². The highest BCUT2D eigenvalue weighted by molar-refractivity contribution is 7.91. The number of halogens is 3. The number of pyridine rings is 2. The van der Waals surface area contributed by atoms with Crippen molar-refractivity contribution in [2.75, 3.05) is 12.3 Å². The van der Waals surface area contributed by atoms with Gasteiger partial charge in [0.2, 0.25) is 0 Å². The van der Waals surface area contributed by atoms with Crippen molar-refractivity contribution in [1.29, 1.82) is 0 Å². The summed E-state index contributed by atoms with van der Waals surface area (Å²) in [7, 11) is -3.33. The van der Waals surface area contributed by atoms with Crippen LogP contribution in [0, 0.1) is 17.8 Å². The van der Waals surface area contributed by atoms with Crippen molar-refractivity contribution in [1.82, 2.24) is 20.6 Å². The van der Waals surface area contributed by atoms with E-state index in [2.05, 4.69) is 20.6 Å². The van der Waals surface area contributed by atoms with Gasteiger partial charge in [-0.1, -0.05) is 20.8 Å². The molecule has 1 unspecified atom stereocenters. The van der Waals surface area contributed by atoms with Gasteiger partial charge >= 0.3 is 6.18 Å². The number of carbonyl (C=O) groups excluding carboxylic acids is 1. The van der Waals surface area contributed by atoms with Crippen LogP contribution in [0.1, 0.15) is 74.2 Å². The third-order valence-corrected chi connectivity index (χ3v) is 8.66. The molecule has 0 bridgehead atoms. The number of hydrogen-bond acceptors (Lipinski definition) is 6. The van der Waals surface area contributed by atoms with Gasteiger partial charge in [-0.15, -0.1) is 0 Å². The van der Waals surface area contributed by atoms with Crippen molar-refractivity contribution in [2.24, 2.45) is 17.8 Å². The number of hydrogen-bond donors (Lipinski definition) is 2. The minimum absolute atomic E-state index is 0.0100. The molecule has 2 aromatic rings. The van der Waals surface area contributed by atoms with E-state index >= 15 is 0 Å². The summed E-state index contributed by atoms with van der Waals surface area (Å²) in [5.41, 5.74) is 1.67. The molecule has 2 aromatic heterocycles. The van der Waals surface area contributed by atoms with Gasteiger partial charge in [-0.2, -0.15) is 13.2 Å². The predicted octanol–water partition coefficient (Wildman–Crippen LogP) is 4.86. The summed E-state index contributed by atoms with van der Waals surface area (Å²) >= 11 is 0. The van der Waals surface area contributed by atoms with Crippen LogP contribution in [0.3, 0.4) is 0 Å². The number of nitrogens with zero attached hydrogens (tertiary/aromatic N) is 2. The molecule has 204 valence electrons. The van der Waals surface area contributed by atoms with Crippen LogP contribution in [0.4, 0.5) is 13.2 Å². The van der Waals surface area contributed by atoms with Crippen LogP contribution in [0.15, 0.2) is 41.6 Å². The van der Waals surface area contributed by atoms with E-state index in [4.69, 9.17) is 0 Å². The number of sulfone groups is 1. The molecule has 1 atom stereocenters. The molecule has 2 heterocycles. The quantitative estimate of drug-likeness (QED) is 0.447. The zero-order valence-corrected chi connectivity index (χ0v) is 22.2. The lowest BCUT2D eigenvalue weighted by atomic mass is 9.81. The monoisotopic (exact) mass is 540 g/mol. The van der Waals surface area contributed by atoms with Crippen LogP contribution < -0.4 is 10.6 Å². The molecule has 2 N–H and O–H groups in total. The summed E-state index contributed by atoms with van der Waals surface area (Å²) in [5.74, 6) is -1.12. The first-order valence-corrected chi connectivity index (χ1v) is 14.3. The minimum atomic E-state index is -4.10. The molecule has 1 saturated carbocycles. The Balaban J connectivity index is 1.53. The topological polar surface area (TPSA) is 101 Å². The molecule has 11 heteroatoms. The van der Waals surface area contributed by atoms with E-state index < -0.39 is 21.9 Å². The van der Waals surface area contributed by atoms with Gasteiger partial charge in [0.1, 0.15) is 0 Å². The van der Waals surface area contributed by atoms with E-state index in [1.165, 1.54) is 18.5 Å². The fourth-order valence-electron chi connectivity index (χ4n) is 4.53. The molecular formula is C26H35F3N4O3S. The Bertz CT molecular complexity index is 1130. The van der Waals surface area contributed by atoms with E-state index in [-0.39, 0.29) is 53.8 Å². The van der Waals surface area contributed by atoms with Crippen LogP contribution >= 0.6 is 0 Å². The Morgan fingerprint density at radius 1 is 1.05 bits per heavy atom. The standard InChI is InChI=1S/C26H35F3N4O3S/c1-4-37(35,36)22-11-10-21(30-16-22)15-33-25(34)19-7-12-23(31-14-19)24(17(2)3)32-13-18-5-8-20(9-6-18)26(27,28)29/h7,10-12,14,16-18,20,24,32H,4-6,8-9,13,15H2,1-3H3,(H,33,34). The van der Waals surface area contributed by atoms with E-state index in [0.29, 0.717) is 30.6 Å². The fourth-order valence-corrected chi connectivity index (χ4v) is 5.35. The lowest BCUT2D eigenvalue weighted by Gasteiger charge is -2.31. The van der Waals surface area contributed by atoms with E-state index in [1.807, 2.05) is 13.8 Å². The van der Waals surface area contributed by atoms with Gasteiger partial charge in [0.05, 0.1) is 46.1 Å². The summed E-state index contributed by atoms with van der Waals surface area (Å²) in [4.78, 5) is 21.3. The average molecular weight is 541 g/mol. The van der Waals surface area contributed by atoms with Crippen LogP contribution in [0.2, 0.25) is 0 Å². The van der Waals surface area contributed by atoms with Gasteiger partial charge in [0.25, 0.3) is 5.91 Å². The molecule has 1 fully saturated rings. The first-order valence-electron chi connectivity index (χ1n) is 12.6. The van der Waals surface area contributed by atoms with Crippen molar-refractivity contribution in [3.63, 3.8) is 0 Å². The number of aromatic nitrogens is 2. The highest BCUT2D eigenvalue weighted by atomic mass is 32.2. The summed E-state index contributed by atoms with van der Waals surface area (Å²) in [6.07, 6.45) is 0.165. The highest BCUT2D eigenvalue weighted by Crippen LogP contribution is 2.39. The van der Waals surface area contributed by atoms with Crippen molar-refractivity contribution >= 4 is 15.7 Å². The van der Waals surface area contributed by atoms with Gasteiger partial charge in [-0.05, 0) is 68.3 Å². The molecule has 0 spiro atoms. The fraction of sp³-hybridized carbons (Fsp3) is 0.577. The van der Waals surface area contributed by atoms with Gasteiger partial charge in [-0.3, -0.25) is 14.8 Å². The molecule has 0 aliphatic heterocycles. The Labute approximate surface area is 216 Å². The smallest absolute Gasteiger partial charge is 0.346 e. The first-order chi connectivity index (χ1) is 17.4. The predicted molar refractivity (Wildman–Crippen MR) is 134 cm³/mol. The average Bonchev–Trinajstić information content (AvgIpc) is 2.87. The zero-order valence-electron chi connectivity index (χ0n) is 21.4. The second kappa shape index (κ2) is 12.3. The Morgan fingerprint density at radius 3 is 2.27 bits per heavy atom. The van der Waals surface area contributed by atoms with Crippen LogP contribution in [-0.2, 0) is 16.4 Å². The lowest BCUT2D eigenvalue weighted by Crippen LogP contribution is -2.35. The van der Waals surface area contributed by atoms with Crippen LogP contribution in [-0.4, -0.2) is 42.8 Å². The second-order valence-electron chi connectivity index (χ2n) is 9.93. The van der Waals surface area contributed by atoms with Crippen molar-refractivity contribution in [2.45, 2.75) is 70.1 Å². The number of rotatable bonds is 10. The Hall–Kier alpha value is -2.53. The van der Waals surface area contributed by atoms with Gasteiger partial charge in [0.15, 0.2) is 9.84 Å². The third kappa shape index (κ3) is 7.98. The molecule has 7 nitrogen and oxygen atoms in total. The third-order valence-electron chi connectivity index (χ3n) is 6.94. The normalized spacial score (nSPS) is 19.5. The summed E-state index contributed by atoms with van der Waals surface area (Å²) in [6, 6.07) is 6.44. The van der Waals surface area contributed by atoms with Crippen molar-refractivity contribution in [3.8, 4) is 0 Å². The van der Waals surface area contributed by atoms with Crippen LogP contribution in [0.5, 0.6) is 0 Å². The van der Waals surface area contributed by atoms with Crippen molar-refractivity contribution in [3.05, 3.63) is 53.6 Å². The second-order valence-corrected chi connectivity index (χ2v) is 12.2. The van der Waals surface area contributed by atoms with Crippen molar-refractivity contribution < 1.29 is 26.4 Å². The molecule has 0 saturated heterocycles. The largest absolute Gasteiger partial charge is 0.391 e. The van der Waals surface area contributed by atoms with E-state index in [0.717, 1.165) is 5.69 Å². The van der Waals surface area contributed by atoms with Gasteiger partial charge in [-0.25, -0.2) is 8.42 Å². The number of alkyl halides is 3. The molecule has 1 aliphatic rings. The molecule has 1 amide bonds. The maximum Gasteiger partial charge on any atom is 0.391 e. The van der Waals surface area contributed by atoms with Crippen LogP contribution in [0.25, 0.3) is 0 Å². The first kappa shape index (κ1) is 29.0. The Kier molecular flexibility index (Phi) is 9.68. The molecule has 0 aromatic carbocycles. The van der Waals surface area contributed by atoms with Gasteiger partial charge < -0.3 is 10.6 Å². The maximum atomic E-state index is 12.9. The minimum Gasteiger partial charge on any atom is -0.346 e. The van der Waals surface area contributed by atoms with E-state index in [1.54, 1.807) is 25.1 Å². The molecule has 1 aliphatic carbocycles. The summed E-state index contributed by atoms with van der Waals surface area (Å²) in [6.45, 7) is 6.42. The molecule has 37 heavy (non-hydrogen) atoms. The molecular weight excluding hydrogens is 505 g/mol. The number of nitrogens with one attached hydrogen (secondary N) is 2. The summed E-state index contributed by atoms with van der Waals surface area (Å²) < 4.78 is 62.5. The molecule has 0 radical (unpaired) electrons. The molecule has 3 rings (SSSR count). The highest BCUT2D eigenvalue weighted by Gasteiger charge is 2.41. The zero-order chi connectivity index (χ0) is 27.2. The summed E-state index contributed by atoms with van der Waals surface area (Å²) in [5, 5.41) is 6.23. The Morgan fingerprint density at radius 2 is 1.76 bits per heavy atom. The van der Waals surface area contributed by atoms with Gasteiger partial charge in [0, 0.05) is 12.4 Å². The maximum absolute atomic E-state index is 12.9. The number of amides is 1.